The smallest absolute Gasteiger partial charge is 0.263 e. The van der Waals surface area contributed by atoms with Crippen molar-refractivity contribution >= 4 is 34.6 Å². The summed E-state index contributed by atoms with van der Waals surface area (Å²) in [6.45, 7) is 3.82. The normalized spacial score (nSPS) is 11.7. The first kappa shape index (κ1) is 13.8. The van der Waals surface area contributed by atoms with E-state index in [9.17, 15) is 5.21 Å². The number of nitrogens with zero attached hydrogens (tertiary/aromatic N) is 2. The fourth-order valence-corrected chi connectivity index (χ4v) is 2.19. The Morgan fingerprint density at radius 1 is 0.947 bits per heavy atom. The number of halogens is 2. The molecule has 0 bridgehead atoms. The maximum absolute atomic E-state index is 12.0. The summed E-state index contributed by atoms with van der Waals surface area (Å²) in [6.07, 6.45) is 0. The van der Waals surface area contributed by atoms with Crippen LogP contribution in [0.3, 0.4) is 0 Å². The van der Waals surface area contributed by atoms with Gasteiger partial charge in [0.05, 0.1) is 5.02 Å². The Hall–Kier alpha value is -1.58. The van der Waals surface area contributed by atoms with Gasteiger partial charge in [-0.15, -0.1) is 0 Å². The van der Waals surface area contributed by atoms with Crippen molar-refractivity contribution < 1.29 is 4.86 Å². The van der Waals surface area contributed by atoms with Crippen LogP contribution in [-0.4, -0.2) is 4.86 Å². The van der Waals surface area contributed by atoms with Gasteiger partial charge in [-0.3, -0.25) is 0 Å². The molecule has 0 spiro atoms. The molecule has 19 heavy (non-hydrogen) atoms. The number of azo groups is 1. The Balaban J connectivity index is 2.42. The Morgan fingerprint density at radius 3 is 2.11 bits per heavy atom. The van der Waals surface area contributed by atoms with Gasteiger partial charge < -0.3 is 5.21 Å². The van der Waals surface area contributed by atoms with E-state index in [0.29, 0.717) is 26.3 Å². The van der Waals surface area contributed by atoms with Crippen LogP contribution in [0.25, 0.3) is 0 Å². The predicted octanol–water partition coefficient (Wildman–Crippen LogP) is 5.54. The summed E-state index contributed by atoms with van der Waals surface area (Å²) in [7, 11) is 0. The molecule has 0 aliphatic rings. The zero-order chi connectivity index (χ0) is 14.0. The monoisotopic (exact) mass is 294 g/mol. The van der Waals surface area contributed by atoms with Gasteiger partial charge in [0.15, 0.2) is 5.69 Å². The molecule has 0 amide bonds. The second-order valence-electron chi connectivity index (χ2n) is 4.28. The summed E-state index contributed by atoms with van der Waals surface area (Å²) in [5.74, 6) is 0. The van der Waals surface area contributed by atoms with Gasteiger partial charge in [0.2, 0.25) is 0 Å². The molecule has 0 fully saturated rings. The van der Waals surface area contributed by atoms with Crippen LogP contribution < -0.4 is 0 Å². The van der Waals surface area contributed by atoms with E-state index in [1.165, 1.54) is 0 Å². The molecule has 2 aromatic rings. The van der Waals surface area contributed by atoms with Crippen molar-refractivity contribution in [1.82, 2.24) is 0 Å². The van der Waals surface area contributed by atoms with Gasteiger partial charge >= 0.3 is 0 Å². The van der Waals surface area contributed by atoms with Crippen molar-refractivity contribution in [3.05, 3.63) is 62.8 Å². The Labute approximate surface area is 121 Å². The van der Waals surface area contributed by atoms with E-state index >= 15 is 0 Å². The maximum atomic E-state index is 12.0. The van der Waals surface area contributed by atoms with Crippen LogP contribution >= 0.6 is 23.2 Å². The predicted molar refractivity (Wildman–Crippen MR) is 77.8 cm³/mol. The van der Waals surface area contributed by atoms with Gasteiger partial charge in [0.25, 0.3) is 5.69 Å². The molecule has 0 aromatic heterocycles. The van der Waals surface area contributed by atoms with Crippen LogP contribution in [0.4, 0.5) is 11.4 Å². The van der Waals surface area contributed by atoms with Crippen molar-refractivity contribution in [3.63, 3.8) is 0 Å². The lowest BCUT2D eigenvalue weighted by Crippen LogP contribution is -1.92. The largest absolute Gasteiger partial charge is 0.594 e. The molecule has 0 saturated carbocycles. The lowest BCUT2D eigenvalue weighted by molar-refractivity contribution is -0.435. The molecule has 0 N–H and O–H groups in total. The summed E-state index contributed by atoms with van der Waals surface area (Å²) in [5.41, 5.74) is 2.70. The average Bonchev–Trinajstić information content (AvgIpc) is 2.32. The molecule has 0 aliphatic carbocycles. The molecule has 0 saturated heterocycles. The van der Waals surface area contributed by atoms with Gasteiger partial charge in [-0.05, 0) is 48.0 Å². The van der Waals surface area contributed by atoms with Gasteiger partial charge in [-0.25, -0.2) is 0 Å². The molecule has 2 aromatic carbocycles. The minimum absolute atomic E-state index is 0.295. The number of rotatable bonds is 2. The molecule has 2 rings (SSSR count). The van der Waals surface area contributed by atoms with E-state index in [-0.39, 0.29) is 0 Å². The quantitative estimate of drug-likeness (QED) is 0.407. The molecule has 0 aliphatic heterocycles. The number of hydrogen-bond donors (Lipinski definition) is 0. The number of aryl methyl sites for hydroxylation is 2. The highest BCUT2D eigenvalue weighted by atomic mass is 35.5. The molecule has 98 valence electrons. The summed E-state index contributed by atoms with van der Waals surface area (Å²) < 4.78 is 0. The van der Waals surface area contributed by atoms with Crippen molar-refractivity contribution in [2.45, 2.75) is 13.8 Å². The molecular weight excluding hydrogens is 283 g/mol. The number of benzene rings is 2. The van der Waals surface area contributed by atoms with Crippen molar-refractivity contribution in [2.24, 2.45) is 5.11 Å². The minimum Gasteiger partial charge on any atom is -0.594 e. The Kier molecular flexibility index (Phi) is 4.08. The van der Waals surface area contributed by atoms with Crippen molar-refractivity contribution in [1.29, 1.82) is 0 Å². The second kappa shape index (κ2) is 5.59. The molecular formula is C14H12Cl2N2O. The first-order valence-electron chi connectivity index (χ1n) is 5.68. The summed E-state index contributed by atoms with van der Waals surface area (Å²) in [5, 5.41) is 16.7. The topological polar surface area (TPSA) is 38.4 Å². The van der Waals surface area contributed by atoms with Crippen LogP contribution in [0, 0.1) is 19.1 Å². The van der Waals surface area contributed by atoms with Crippen LogP contribution in [0.1, 0.15) is 11.1 Å². The van der Waals surface area contributed by atoms with E-state index in [4.69, 9.17) is 23.2 Å². The third kappa shape index (κ3) is 3.25. The summed E-state index contributed by atoms with van der Waals surface area (Å²) in [6, 6.07) is 10.5. The van der Waals surface area contributed by atoms with E-state index in [2.05, 4.69) is 5.11 Å². The summed E-state index contributed by atoms with van der Waals surface area (Å²) in [4.78, 5) is 0.484. The van der Waals surface area contributed by atoms with E-state index in [0.717, 1.165) is 11.1 Å². The van der Waals surface area contributed by atoms with Gasteiger partial charge in [0, 0.05) is 11.2 Å². The second-order valence-corrected chi connectivity index (χ2v) is 5.10. The minimum atomic E-state index is 0.295. The molecule has 5 heteroatoms. The van der Waals surface area contributed by atoms with Crippen LogP contribution in [-0.2, 0) is 0 Å². The van der Waals surface area contributed by atoms with Crippen LogP contribution in [0.5, 0.6) is 0 Å². The summed E-state index contributed by atoms with van der Waals surface area (Å²) >= 11 is 12.1. The standard InChI is InChI=1S/C14H12Cl2N2O/c1-9-3-5-13(11(15)7-9)17-18(19)14-6-4-10(2)8-12(14)16/h3-8H,1-2H3. The highest BCUT2D eigenvalue weighted by Crippen LogP contribution is 2.30. The maximum Gasteiger partial charge on any atom is 0.263 e. The zero-order valence-corrected chi connectivity index (χ0v) is 12.0. The van der Waals surface area contributed by atoms with Crippen molar-refractivity contribution in [2.75, 3.05) is 0 Å². The lowest BCUT2D eigenvalue weighted by Gasteiger charge is -2.03. The highest BCUT2D eigenvalue weighted by molar-refractivity contribution is 6.33. The number of hydrogen-bond acceptors (Lipinski definition) is 2. The van der Waals surface area contributed by atoms with E-state index < -0.39 is 0 Å². The van der Waals surface area contributed by atoms with Crippen LogP contribution in [0.2, 0.25) is 10.0 Å². The van der Waals surface area contributed by atoms with E-state index in [1.54, 1.807) is 30.3 Å². The Morgan fingerprint density at radius 2 is 1.53 bits per heavy atom. The highest BCUT2D eigenvalue weighted by Gasteiger charge is 2.11. The molecule has 0 atom stereocenters. The fourth-order valence-electron chi connectivity index (χ4n) is 1.61. The van der Waals surface area contributed by atoms with Gasteiger partial charge in [0.1, 0.15) is 5.02 Å². The molecule has 3 nitrogen and oxygen atoms in total. The third-order valence-electron chi connectivity index (χ3n) is 2.61. The van der Waals surface area contributed by atoms with Gasteiger partial charge in [-0.2, -0.15) is 0 Å². The SMILES string of the molecule is Cc1ccc(N=[N+]([O-])c2ccc(C)cc2Cl)c(Cl)c1. The molecule has 0 heterocycles. The molecule has 0 unspecified atom stereocenters. The average molecular weight is 295 g/mol. The zero-order valence-electron chi connectivity index (χ0n) is 10.5. The lowest BCUT2D eigenvalue weighted by atomic mass is 10.2. The first-order valence-corrected chi connectivity index (χ1v) is 6.44. The van der Waals surface area contributed by atoms with Crippen molar-refractivity contribution in [3.8, 4) is 0 Å². The third-order valence-corrected chi connectivity index (χ3v) is 3.22. The fraction of sp³-hybridized carbons (Fsp3) is 0.143. The Bertz CT molecular complexity index is 654. The van der Waals surface area contributed by atoms with E-state index in [1.807, 2.05) is 19.9 Å². The first-order chi connectivity index (χ1) is 8.97. The van der Waals surface area contributed by atoms with Gasteiger partial charge in [-0.1, -0.05) is 35.3 Å². The molecule has 0 radical (unpaired) electrons. The van der Waals surface area contributed by atoms with Crippen LogP contribution in [0.15, 0.2) is 41.5 Å².